The standard InChI is InChI=1S/C30H37N2O5.BrH/c1-6-20-18-32(17-19-13-27(35-3)30(37-5)28(14-19)36-4)12-10-21(20)15-26(32)29(33)23-9-11-31-25-8-7-22(34-2)16-24(23)25;/h6-9,11,13-14,16,20-21,26,29,33H,1,10,12,15,17-18H2,2-5H3;1H/q+1;/p-1/t20-,21-,26+,29-,32?;/m0./s1. The highest BCUT2D eigenvalue weighted by Crippen LogP contribution is 2.49. The molecule has 3 aliphatic heterocycles. The number of aliphatic hydroxyl groups is 1. The van der Waals surface area contributed by atoms with E-state index >= 15 is 0 Å². The zero-order valence-corrected chi connectivity index (χ0v) is 24.1. The van der Waals surface area contributed by atoms with Gasteiger partial charge in [-0.1, -0.05) is 6.08 Å². The molecule has 0 radical (unpaired) electrons. The topological polar surface area (TPSA) is 70.0 Å². The first kappa shape index (κ1) is 28.2. The number of aliphatic hydroxyl groups excluding tert-OH is 1. The number of nitrogens with zero attached hydrogens (tertiary/aromatic N) is 2. The zero-order valence-electron chi connectivity index (χ0n) is 22.5. The Morgan fingerprint density at radius 3 is 2.42 bits per heavy atom. The van der Waals surface area contributed by atoms with Crippen LogP contribution in [0, 0.1) is 11.8 Å². The average molecular weight is 586 g/mol. The summed E-state index contributed by atoms with van der Waals surface area (Å²) in [6, 6.07) is 11.9. The van der Waals surface area contributed by atoms with Crippen LogP contribution in [0.4, 0.5) is 0 Å². The fraction of sp³-hybridized carbons (Fsp3) is 0.433. The molecule has 0 aliphatic carbocycles. The molecule has 1 N–H and O–H groups in total. The smallest absolute Gasteiger partial charge is 0.203 e. The van der Waals surface area contributed by atoms with E-state index in [0.29, 0.717) is 29.1 Å². The molecule has 2 bridgehead atoms. The van der Waals surface area contributed by atoms with Crippen molar-refractivity contribution in [3.63, 3.8) is 0 Å². The summed E-state index contributed by atoms with van der Waals surface area (Å²) in [5.41, 5.74) is 2.85. The van der Waals surface area contributed by atoms with E-state index in [2.05, 4.69) is 17.6 Å². The van der Waals surface area contributed by atoms with Gasteiger partial charge < -0.3 is 45.5 Å². The lowest BCUT2D eigenvalue weighted by atomic mass is 9.71. The molecule has 3 saturated heterocycles. The number of halogens is 1. The van der Waals surface area contributed by atoms with E-state index in [-0.39, 0.29) is 23.0 Å². The Kier molecular flexibility index (Phi) is 8.55. The Morgan fingerprint density at radius 1 is 1.05 bits per heavy atom. The number of hydrogen-bond donors (Lipinski definition) is 1. The van der Waals surface area contributed by atoms with Crippen LogP contribution in [0.25, 0.3) is 10.9 Å². The molecule has 0 amide bonds. The van der Waals surface area contributed by atoms with Crippen LogP contribution in [0.5, 0.6) is 23.0 Å². The van der Waals surface area contributed by atoms with Gasteiger partial charge in [0.25, 0.3) is 0 Å². The highest BCUT2D eigenvalue weighted by atomic mass is 79.9. The van der Waals surface area contributed by atoms with Gasteiger partial charge in [-0.15, -0.1) is 6.58 Å². The number of benzene rings is 2. The van der Waals surface area contributed by atoms with Crippen molar-refractivity contribution in [2.45, 2.75) is 31.5 Å². The molecule has 38 heavy (non-hydrogen) atoms. The molecule has 8 heteroatoms. The van der Waals surface area contributed by atoms with Crippen molar-refractivity contribution < 1.29 is 45.5 Å². The third kappa shape index (κ3) is 4.85. The molecule has 0 spiro atoms. The lowest BCUT2D eigenvalue weighted by Gasteiger charge is -2.58. The molecule has 2 aromatic carbocycles. The Morgan fingerprint density at radius 2 is 1.79 bits per heavy atom. The quantitative estimate of drug-likeness (QED) is 0.306. The summed E-state index contributed by atoms with van der Waals surface area (Å²) in [4.78, 5) is 4.53. The van der Waals surface area contributed by atoms with Crippen LogP contribution in [-0.2, 0) is 6.54 Å². The van der Waals surface area contributed by atoms with Crippen molar-refractivity contribution in [3.8, 4) is 23.0 Å². The van der Waals surface area contributed by atoms with E-state index in [1.165, 1.54) is 0 Å². The second kappa shape index (κ2) is 11.5. The molecule has 1 aromatic heterocycles. The SMILES string of the molecule is C=C[C@H]1C[N+]2(Cc3cc(OC)c(OC)c(OC)c3)CC[C@H]1C[C@@H]2[C@@H](O)c1ccnc2ccc(OC)cc12.[Br-]. The minimum atomic E-state index is -0.645. The third-order valence-corrected chi connectivity index (χ3v) is 8.56. The predicted molar refractivity (Wildman–Crippen MR) is 143 cm³/mol. The van der Waals surface area contributed by atoms with Gasteiger partial charge in [-0.25, -0.2) is 0 Å². The third-order valence-electron chi connectivity index (χ3n) is 8.56. The highest BCUT2D eigenvalue weighted by molar-refractivity contribution is 5.83. The molecule has 4 heterocycles. The maximum absolute atomic E-state index is 12.0. The normalized spacial score (nSPS) is 24.8. The number of fused-ring (bicyclic) bond motifs is 4. The maximum Gasteiger partial charge on any atom is 0.203 e. The van der Waals surface area contributed by atoms with Gasteiger partial charge >= 0.3 is 0 Å². The predicted octanol–water partition coefficient (Wildman–Crippen LogP) is 1.92. The van der Waals surface area contributed by atoms with Gasteiger partial charge in [-0.3, -0.25) is 4.98 Å². The van der Waals surface area contributed by atoms with Crippen LogP contribution in [0.15, 0.2) is 55.3 Å². The first-order chi connectivity index (χ1) is 18.0. The number of aromatic nitrogens is 1. The minimum absolute atomic E-state index is 0. The molecule has 1 unspecified atom stereocenters. The highest BCUT2D eigenvalue weighted by Gasteiger charge is 2.54. The number of quaternary nitrogens is 1. The van der Waals surface area contributed by atoms with Gasteiger partial charge in [0.2, 0.25) is 5.75 Å². The fourth-order valence-corrected chi connectivity index (χ4v) is 6.71. The van der Waals surface area contributed by atoms with E-state index in [1.54, 1.807) is 34.6 Å². The second-order valence-corrected chi connectivity index (χ2v) is 10.3. The lowest BCUT2D eigenvalue weighted by Crippen LogP contribution is -3.00. The molecule has 3 aliphatic rings. The summed E-state index contributed by atoms with van der Waals surface area (Å²) in [5, 5.41) is 13.0. The Balaban J connectivity index is 0.00000336. The number of methoxy groups -OCH3 is 4. The summed E-state index contributed by atoms with van der Waals surface area (Å²) in [5.74, 6) is 3.59. The Labute approximate surface area is 235 Å². The molecule has 6 rings (SSSR count). The van der Waals surface area contributed by atoms with E-state index in [1.807, 2.05) is 36.4 Å². The first-order valence-corrected chi connectivity index (χ1v) is 12.8. The van der Waals surface area contributed by atoms with E-state index in [4.69, 9.17) is 18.9 Å². The van der Waals surface area contributed by atoms with Crippen molar-refractivity contribution in [1.29, 1.82) is 0 Å². The molecule has 7 nitrogen and oxygen atoms in total. The van der Waals surface area contributed by atoms with Crippen molar-refractivity contribution in [2.24, 2.45) is 11.8 Å². The molecular weight excluding hydrogens is 548 g/mol. The number of ether oxygens (including phenoxy) is 4. The minimum Gasteiger partial charge on any atom is -1.00 e. The van der Waals surface area contributed by atoms with E-state index in [0.717, 1.165) is 64.7 Å². The Bertz CT molecular complexity index is 1280. The lowest BCUT2D eigenvalue weighted by molar-refractivity contribution is -0.984. The van der Waals surface area contributed by atoms with Gasteiger partial charge in [-0.05, 0) is 47.9 Å². The van der Waals surface area contributed by atoms with Gasteiger partial charge in [0.15, 0.2) is 11.5 Å². The van der Waals surface area contributed by atoms with Crippen LogP contribution in [0.2, 0.25) is 0 Å². The summed E-state index contributed by atoms with van der Waals surface area (Å²) in [7, 11) is 6.56. The van der Waals surface area contributed by atoms with E-state index in [9.17, 15) is 5.11 Å². The second-order valence-electron chi connectivity index (χ2n) is 10.3. The summed E-state index contributed by atoms with van der Waals surface area (Å²) < 4.78 is 23.1. The summed E-state index contributed by atoms with van der Waals surface area (Å²) >= 11 is 0. The van der Waals surface area contributed by atoms with Crippen LogP contribution in [0.1, 0.15) is 30.1 Å². The number of pyridine rings is 1. The molecular formula is C30H37BrN2O5. The summed E-state index contributed by atoms with van der Waals surface area (Å²) in [6.45, 7) is 6.85. The van der Waals surface area contributed by atoms with Gasteiger partial charge in [0.05, 0.1) is 47.0 Å². The summed E-state index contributed by atoms with van der Waals surface area (Å²) in [6.07, 6.45) is 5.32. The molecule has 204 valence electrons. The van der Waals surface area contributed by atoms with Gasteiger partial charge in [0, 0.05) is 35.9 Å². The van der Waals surface area contributed by atoms with Gasteiger partial charge in [0.1, 0.15) is 24.4 Å². The zero-order chi connectivity index (χ0) is 26.2. The number of piperidine rings is 3. The first-order valence-electron chi connectivity index (χ1n) is 12.8. The number of rotatable bonds is 9. The Hall–Kier alpha value is -2.81. The van der Waals surface area contributed by atoms with Crippen molar-refractivity contribution in [3.05, 3.63) is 66.4 Å². The molecule has 5 atom stereocenters. The maximum atomic E-state index is 12.0. The van der Waals surface area contributed by atoms with Gasteiger partial charge in [-0.2, -0.15) is 0 Å². The average Bonchev–Trinajstić information content (AvgIpc) is 2.95. The van der Waals surface area contributed by atoms with E-state index < -0.39 is 6.10 Å². The molecule has 3 fully saturated rings. The molecule has 0 saturated carbocycles. The largest absolute Gasteiger partial charge is 1.00 e. The van der Waals surface area contributed by atoms with Crippen LogP contribution >= 0.6 is 0 Å². The van der Waals surface area contributed by atoms with Crippen LogP contribution in [0.3, 0.4) is 0 Å². The van der Waals surface area contributed by atoms with Crippen LogP contribution in [-0.4, -0.2) is 62.1 Å². The van der Waals surface area contributed by atoms with Crippen LogP contribution < -0.4 is 35.9 Å². The van der Waals surface area contributed by atoms with Crippen molar-refractivity contribution in [1.82, 2.24) is 4.98 Å². The van der Waals surface area contributed by atoms with Crippen molar-refractivity contribution >= 4 is 10.9 Å². The monoisotopic (exact) mass is 584 g/mol. The fourth-order valence-electron chi connectivity index (χ4n) is 6.71. The molecule has 3 aromatic rings. The number of hydrogen-bond acceptors (Lipinski definition) is 6. The van der Waals surface area contributed by atoms with Crippen molar-refractivity contribution in [2.75, 3.05) is 41.5 Å².